The smallest absolute Gasteiger partial charge is 0.265 e. The molecule has 2 aromatic heterocycles. The van der Waals surface area contributed by atoms with E-state index in [1.54, 1.807) is 6.21 Å². The van der Waals surface area contributed by atoms with Crippen LogP contribution in [0.25, 0.3) is 22.1 Å². The van der Waals surface area contributed by atoms with E-state index in [0.717, 1.165) is 33.3 Å². The molecular weight excluding hydrogens is 376 g/mol. The number of aromatic nitrogens is 4. The van der Waals surface area contributed by atoms with E-state index in [0.29, 0.717) is 18.2 Å². The van der Waals surface area contributed by atoms with Crippen molar-refractivity contribution < 1.29 is 4.74 Å². The molecule has 0 saturated carbocycles. The molecule has 0 saturated heterocycles. The molecule has 3 aromatic carbocycles. The first-order valence-electron chi connectivity index (χ1n) is 9.52. The summed E-state index contributed by atoms with van der Waals surface area (Å²) in [5, 5.41) is 13.6. The summed E-state index contributed by atoms with van der Waals surface area (Å²) in [6.45, 7) is 0.518. The molecule has 146 valence electrons. The first kappa shape index (κ1) is 17.8. The van der Waals surface area contributed by atoms with Crippen molar-refractivity contribution in [3.05, 3.63) is 90.0 Å². The second-order valence-electron chi connectivity index (χ2n) is 6.72. The Balaban J connectivity index is 1.27. The average Bonchev–Trinajstić information content (AvgIpc) is 3.16. The van der Waals surface area contributed by atoms with E-state index >= 15 is 0 Å². The van der Waals surface area contributed by atoms with Crippen molar-refractivity contribution in [3.63, 3.8) is 0 Å². The third-order valence-electron chi connectivity index (χ3n) is 4.61. The van der Waals surface area contributed by atoms with Crippen molar-refractivity contribution in [2.75, 3.05) is 5.43 Å². The Morgan fingerprint density at radius 3 is 2.73 bits per heavy atom. The third-order valence-corrected chi connectivity index (χ3v) is 4.61. The Bertz CT molecular complexity index is 1330. The zero-order valence-electron chi connectivity index (χ0n) is 16.0. The van der Waals surface area contributed by atoms with Crippen LogP contribution in [-0.4, -0.2) is 26.4 Å². The molecule has 0 radical (unpaired) electrons. The number of hydrogen-bond donors (Lipinski definition) is 2. The number of rotatable bonds is 6. The maximum Gasteiger partial charge on any atom is 0.265 e. The summed E-state index contributed by atoms with van der Waals surface area (Å²) < 4.78 is 5.85. The number of nitrogens with one attached hydrogen (secondary N) is 2. The summed E-state index contributed by atoms with van der Waals surface area (Å²) in [5.74, 6) is 1.10. The number of para-hydroxylation sites is 1. The molecule has 0 unspecified atom stereocenters. The molecule has 0 spiro atoms. The van der Waals surface area contributed by atoms with Gasteiger partial charge in [-0.05, 0) is 29.3 Å². The van der Waals surface area contributed by atoms with Crippen LogP contribution in [0.4, 0.5) is 5.95 Å². The molecule has 2 heterocycles. The topological polar surface area (TPSA) is 88.1 Å². The van der Waals surface area contributed by atoms with Gasteiger partial charge >= 0.3 is 0 Å². The summed E-state index contributed by atoms with van der Waals surface area (Å²) in [7, 11) is 0. The lowest BCUT2D eigenvalue weighted by Crippen LogP contribution is -1.99. The number of aromatic amines is 1. The van der Waals surface area contributed by atoms with Crippen LogP contribution in [-0.2, 0) is 6.61 Å². The van der Waals surface area contributed by atoms with Gasteiger partial charge in [0.25, 0.3) is 5.95 Å². The van der Waals surface area contributed by atoms with E-state index < -0.39 is 0 Å². The Labute approximate surface area is 172 Å². The SMILES string of the molecule is C(=N\Nc1nnc2c(n1)[nH]c1ccccc12)/c1cccc(OCc2ccccc2)c1. The number of nitrogens with zero attached hydrogens (tertiary/aromatic N) is 4. The quantitative estimate of drug-likeness (QED) is 0.326. The maximum atomic E-state index is 5.85. The fourth-order valence-corrected chi connectivity index (χ4v) is 3.16. The second kappa shape index (κ2) is 8.00. The van der Waals surface area contributed by atoms with E-state index in [-0.39, 0.29) is 0 Å². The normalized spacial score (nSPS) is 11.3. The lowest BCUT2D eigenvalue weighted by atomic mass is 10.2. The summed E-state index contributed by atoms with van der Waals surface area (Å²) in [4.78, 5) is 7.68. The van der Waals surface area contributed by atoms with Gasteiger partial charge in [0.1, 0.15) is 17.9 Å². The molecule has 5 aromatic rings. The van der Waals surface area contributed by atoms with E-state index in [2.05, 4.69) is 30.7 Å². The molecule has 30 heavy (non-hydrogen) atoms. The monoisotopic (exact) mass is 394 g/mol. The number of ether oxygens (including phenoxy) is 1. The van der Waals surface area contributed by atoms with Crippen LogP contribution in [0.15, 0.2) is 84.0 Å². The largest absolute Gasteiger partial charge is 0.489 e. The zero-order chi connectivity index (χ0) is 20.2. The minimum atomic E-state index is 0.321. The molecule has 7 heteroatoms. The number of benzene rings is 3. The zero-order valence-corrected chi connectivity index (χ0v) is 16.0. The van der Waals surface area contributed by atoms with Gasteiger partial charge in [0.05, 0.1) is 6.21 Å². The van der Waals surface area contributed by atoms with E-state index in [4.69, 9.17) is 4.74 Å². The van der Waals surface area contributed by atoms with Crippen molar-refractivity contribution in [1.82, 2.24) is 20.2 Å². The van der Waals surface area contributed by atoms with Crippen LogP contribution >= 0.6 is 0 Å². The standard InChI is InChI=1S/C23H18N6O/c1-2-7-16(8-3-1)15-30-18-10-6-9-17(13-18)14-24-28-23-26-22-21(27-29-23)19-11-4-5-12-20(19)25-22/h1-14H,15H2,(H2,25,26,28,29)/b24-14+. The van der Waals surface area contributed by atoms with Gasteiger partial charge < -0.3 is 9.72 Å². The van der Waals surface area contributed by atoms with E-state index in [9.17, 15) is 0 Å². The fourth-order valence-electron chi connectivity index (χ4n) is 3.16. The molecule has 7 nitrogen and oxygen atoms in total. The molecule has 2 N–H and O–H groups in total. The number of H-pyrrole nitrogens is 1. The highest BCUT2D eigenvalue weighted by Gasteiger charge is 2.07. The molecule has 0 amide bonds. The predicted molar refractivity (Wildman–Crippen MR) is 118 cm³/mol. The molecule has 0 aliphatic rings. The van der Waals surface area contributed by atoms with E-state index in [1.807, 2.05) is 78.9 Å². The Morgan fingerprint density at radius 1 is 0.933 bits per heavy atom. The average molecular weight is 394 g/mol. The molecule has 0 aliphatic heterocycles. The van der Waals surface area contributed by atoms with Crippen LogP contribution in [0.3, 0.4) is 0 Å². The number of fused-ring (bicyclic) bond motifs is 3. The highest BCUT2D eigenvalue weighted by atomic mass is 16.5. The van der Waals surface area contributed by atoms with Crippen molar-refractivity contribution in [2.45, 2.75) is 6.61 Å². The van der Waals surface area contributed by atoms with E-state index in [1.165, 1.54) is 0 Å². The van der Waals surface area contributed by atoms with Crippen molar-refractivity contribution in [2.24, 2.45) is 5.10 Å². The van der Waals surface area contributed by atoms with Crippen LogP contribution < -0.4 is 10.2 Å². The van der Waals surface area contributed by atoms with Gasteiger partial charge in [-0.3, -0.25) is 0 Å². The minimum Gasteiger partial charge on any atom is -0.489 e. The van der Waals surface area contributed by atoms with Crippen LogP contribution in [0.5, 0.6) is 5.75 Å². The van der Waals surface area contributed by atoms with Crippen LogP contribution in [0.2, 0.25) is 0 Å². The first-order valence-corrected chi connectivity index (χ1v) is 9.52. The van der Waals surface area contributed by atoms with Gasteiger partial charge in [-0.1, -0.05) is 60.7 Å². The van der Waals surface area contributed by atoms with Crippen LogP contribution in [0, 0.1) is 0 Å². The summed E-state index contributed by atoms with van der Waals surface area (Å²) in [5.41, 5.74) is 7.23. The van der Waals surface area contributed by atoms with Gasteiger partial charge in [0.2, 0.25) is 0 Å². The van der Waals surface area contributed by atoms with Crippen molar-refractivity contribution >= 4 is 34.2 Å². The lowest BCUT2D eigenvalue weighted by molar-refractivity contribution is 0.306. The molecule has 5 rings (SSSR count). The van der Waals surface area contributed by atoms with Gasteiger partial charge in [-0.2, -0.15) is 10.1 Å². The van der Waals surface area contributed by atoms with Gasteiger partial charge in [-0.15, -0.1) is 10.2 Å². The molecule has 0 atom stereocenters. The molecule has 0 fully saturated rings. The second-order valence-corrected chi connectivity index (χ2v) is 6.72. The Morgan fingerprint density at radius 2 is 1.80 bits per heavy atom. The first-order chi connectivity index (χ1) is 14.8. The molecular formula is C23H18N6O. The van der Waals surface area contributed by atoms with Gasteiger partial charge in [-0.25, -0.2) is 5.43 Å². The highest BCUT2D eigenvalue weighted by Crippen LogP contribution is 2.21. The highest BCUT2D eigenvalue weighted by molar-refractivity contribution is 6.03. The van der Waals surface area contributed by atoms with Crippen LogP contribution in [0.1, 0.15) is 11.1 Å². The number of hydrazone groups is 1. The van der Waals surface area contributed by atoms with Gasteiger partial charge in [0, 0.05) is 10.9 Å². The summed E-state index contributed by atoms with van der Waals surface area (Å²) in [6, 6.07) is 25.7. The van der Waals surface area contributed by atoms with Crippen molar-refractivity contribution in [1.29, 1.82) is 0 Å². The molecule has 0 bridgehead atoms. The maximum absolute atomic E-state index is 5.85. The molecule has 0 aliphatic carbocycles. The fraction of sp³-hybridized carbons (Fsp3) is 0.0435. The Hall–Kier alpha value is -4.26. The predicted octanol–water partition coefficient (Wildman–Crippen LogP) is 4.53. The summed E-state index contributed by atoms with van der Waals surface area (Å²) in [6.07, 6.45) is 1.69. The van der Waals surface area contributed by atoms with Gasteiger partial charge in [0.15, 0.2) is 5.65 Å². The number of hydrogen-bond acceptors (Lipinski definition) is 6. The third kappa shape index (κ3) is 3.81. The Kier molecular flexibility index (Phi) is 4.75. The lowest BCUT2D eigenvalue weighted by Gasteiger charge is -2.06. The summed E-state index contributed by atoms with van der Waals surface area (Å²) >= 11 is 0. The van der Waals surface area contributed by atoms with Crippen molar-refractivity contribution in [3.8, 4) is 5.75 Å². The minimum absolute atomic E-state index is 0.321. The number of anilines is 1.